The van der Waals surface area contributed by atoms with Crippen molar-refractivity contribution in [1.82, 2.24) is 0 Å². The van der Waals surface area contributed by atoms with Crippen LogP contribution in [-0.4, -0.2) is 62.3 Å². The van der Waals surface area contributed by atoms with Gasteiger partial charge in [0.1, 0.15) is 24.4 Å². The maximum absolute atomic E-state index is 11.8. The summed E-state index contributed by atoms with van der Waals surface area (Å²) in [6.07, 6.45) is -9.01. The molecule has 1 aromatic rings. The van der Waals surface area contributed by atoms with E-state index in [1.165, 1.54) is 12.1 Å². The van der Waals surface area contributed by atoms with Crippen LogP contribution in [0.5, 0.6) is 0 Å². The highest BCUT2D eigenvalue weighted by molar-refractivity contribution is 5.85. The van der Waals surface area contributed by atoms with Crippen molar-refractivity contribution in [3.8, 4) is 0 Å². The van der Waals surface area contributed by atoms with E-state index in [9.17, 15) is 20.1 Å². The fourth-order valence-electron chi connectivity index (χ4n) is 1.49. The molecular formula is C13H18O6. The molecule has 19 heavy (non-hydrogen) atoms. The average molecular weight is 271 g/mol. The highest BCUT2D eigenvalue weighted by Gasteiger charge is 2.33. The fraction of sp³-hybridized carbons (Fsp3) is 0.462. The van der Waals surface area contributed by atoms with E-state index in [2.05, 4.69) is 0 Å². The molecule has 0 spiro atoms. The van der Waals surface area contributed by atoms with E-state index in [1.54, 1.807) is 18.2 Å². The van der Waals surface area contributed by atoms with Crippen LogP contribution in [0.3, 0.4) is 0 Å². The number of aliphatic hydroxyl groups is 5. The van der Waals surface area contributed by atoms with Crippen LogP contribution in [0.4, 0.5) is 0 Å². The molecule has 0 radical (unpaired) electrons. The molecule has 0 aliphatic carbocycles. The summed E-state index contributed by atoms with van der Waals surface area (Å²) in [4.78, 5) is 11.8. The first-order chi connectivity index (χ1) is 9.40. The molecule has 1 unspecified atom stereocenters. The van der Waals surface area contributed by atoms with Gasteiger partial charge in [-0.25, -0.2) is 0 Å². The highest BCUT2D eigenvalue weighted by Crippen LogP contribution is 2.09. The molecule has 0 aromatic heterocycles. The monoisotopic (exact) mass is 271 g/mol. The van der Waals surface area contributed by atoms with E-state index in [-0.39, 0.29) is 0 Å². The van der Waals surface area contributed by atoms with Gasteiger partial charge in [-0.3, -0.25) is 4.79 Å². The molecule has 0 saturated heterocycles. The van der Waals surface area contributed by atoms with Crippen molar-refractivity contribution in [1.29, 1.82) is 0 Å². The minimum Gasteiger partial charge on any atom is -0.394 e. The van der Waals surface area contributed by atoms with Crippen LogP contribution < -0.4 is 0 Å². The lowest BCUT2D eigenvalue weighted by Gasteiger charge is -2.24. The van der Waals surface area contributed by atoms with E-state index in [0.717, 1.165) is 0 Å². The molecule has 0 bridgehead atoms. The Hall–Kier alpha value is -1.31. The van der Waals surface area contributed by atoms with Crippen LogP contribution in [0.25, 0.3) is 0 Å². The normalized spacial score (nSPS) is 19.9. The van der Waals surface area contributed by atoms with Gasteiger partial charge in [-0.1, -0.05) is 30.3 Å². The molecule has 0 fully saturated rings. The Labute approximate surface area is 112 Å². The summed E-state index contributed by atoms with van der Waals surface area (Å²) in [6.45, 7) is -0.831. The maximum atomic E-state index is 11.8. The number of aliphatic hydroxyl groups excluding tert-OH is 5. The molecular weight excluding hydrogens is 252 g/mol. The third-order valence-corrected chi connectivity index (χ3v) is 2.65. The Kier molecular flexibility index (Phi) is 5.44. The first-order valence-electron chi connectivity index (χ1n) is 6.32. The molecule has 0 aliphatic rings. The van der Waals surface area contributed by atoms with Gasteiger partial charge in [0.2, 0.25) is 0 Å². The third kappa shape index (κ3) is 4.38. The molecule has 6 heteroatoms. The standard InChI is InChI=1S/C13H18O6/c14-7-10(16)12(18)13(19)11(17)9(15)6-8-4-2-1-3-5-8/h1-5,10-14,16-19H,6-7H2/t10-,11+,12+,13-/m1/s1/i6D/t6?,10-,11+,12+,13-. The van der Waals surface area contributed by atoms with Gasteiger partial charge in [0.25, 0.3) is 0 Å². The quantitative estimate of drug-likeness (QED) is 0.401. The molecule has 5 atom stereocenters. The smallest absolute Gasteiger partial charge is 0.168 e. The van der Waals surface area contributed by atoms with Gasteiger partial charge in [-0.2, -0.15) is 0 Å². The lowest BCUT2D eigenvalue weighted by atomic mass is 9.97. The summed E-state index contributed by atoms with van der Waals surface area (Å²) in [5, 5.41) is 46.5. The predicted molar refractivity (Wildman–Crippen MR) is 66.3 cm³/mol. The zero-order valence-corrected chi connectivity index (χ0v) is 10.1. The number of carbonyl (C=O) groups is 1. The van der Waals surface area contributed by atoms with Crippen molar-refractivity contribution in [2.45, 2.75) is 30.8 Å². The third-order valence-electron chi connectivity index (χ3n) is 2.65. The highest BCUT2D eigenvalue weighted by atomic mass is 16.4. The second-order valence-electron chi connectivity index (χ2n) is 4.13. The molecule has 1 rings (SSSR count). The summed E-state index contributed by atoms with van der Waals surface area (Å²) >= 11 is 0. The Morgan fingerprint density at radius 3 is 2.21 bits per heavy atom. The van der Waals surface area contributed by atoms with Crippen LogP contribution in [-0.2, 0) is 11.2 Å². The predicted octanol–water partition coefficient (Wildman–Crippen LogP) is -1.77. The average Bonchev–Trinajstić information content (AvgIpc) is 2.51. The van der Waals surface area contributed by atoms with Crippen LogP contribution in [0.1, 0.15) is 6.93 Å². The van der Waals surface area contributed by atoms with Crippen molar-refractivity contribution < 1.29 is 31.7 Å². The number of hydrogen-bond donors (Lipinski definition) is 5. The number of rotatable bonds is 7. The molecule has 0 heterocycles. The molecule has 6 nitrogen and oxygen atoms in total. The zero-order chi connectivity index (χ0) is 15.3. The van der Waals surface area contributed by atoms with E-state index in [4.69, 9.17) is 11.6 Å². The van der Waals surface area contributed by atoms with Gasteiger partial charge in [-0.15, -0.1) is 0 Å². The summed E-state index contributed by atoms with van der Waals surface area (Å²) in [5.74, 6) is -1.01. The van der Waals surface area contributed by atoms with Gasteiger partial charge in [-0.05, 0) is 5.56 Å². The van der Waals surface area contributed by atoms with Gasteiger partial charge >= 0.3 is 0 Å². The Balaban J connectivity index is 2.76. The molecule has 106 valence electrons. The largest absolute Gasteiger partial charge is 0.394 e. The second-order valence-corrected chi connectivity index (χ2v) is 4.13. The van der Waals surface area contributed by atoms with Crippen LogP contribution in [0.2, 0.25) is 0 Å². The Morgan fingerprint density at radius 1 is 1.11 bits per heavy atom. The second kappa shape index (κ2) is 7.32. The molecule has 0 saturated carbocycles. The lowest BCUT2D eigenvalue weighted by Crippen LogP contribution is -2.49. The van der Waals surface area contributed by atoms with E-state index in [0.29, 0.717) is 5.56 Å². The van der Waals surface area contributed by atoms with Gasteiger partial charge in [0.05, 0.1) is 6.61 Å². The number of Topliss-reactive ketones (excluding diaryl/α,β-unsaturated/α-hetero) is 1. The summed E-state index contributed by atoms with van der Waals surface area (Å²) < 4.78 is 7.72. The molecule has 0 aliphatic heterocycles. The Bertz CT molecular complexity index is 426. The number of ketones is 1. The summed E-state index contributed by atoms with van der Waals surface area (Å²) in [6, 6.07) is 7.99. The minimum atomic E-state index is -2.03. The van der Waals surface area contributed by atoms with Crippen LogP contribution in [0, 0.1) is 0 Å². The van der Waals surface area contributed by atoms with Crippen LogP contribution >= 0.6 is 0 Å². The summed E-state index contributed by atoms with van der Waals surface area (Å²) in [5.41, 5.74) is 0.334. The number of carbonyl (C=O) groups excluding carboxylic acids is 1. The van der Waals surface area contributed by atoms with Crippen molar-refractivity contribution in [2.75, 3.05) is 6.61 Å². The van der Waals surface area contributed by atoms with E-state index < -0.39 is 43.2 Å². The van der Waals surface area contributed by atoms with Crippen molar-refractivity contribution >= 4 is 5.78 Å². The van der Waals surface area contributed by atoms with Gasteiger partial charge in [0.15, 0.2) is 5.78 Å². The fourth-order valence-corrected chi connectivity index (χ4v) is 1.49. The topological polar surface area (TPSA) is 118 Å². The lowest BCUT2D eigenvalue weighted by molar-refractivity contribution is -0.146. The molecule has 5 N–H and O–H groups in total. The molecule has 1 aromatic carbocycles. The van der Waals surface area contributed by atoms with Crippen molar-refractivity contribution in [2.24, 2.45) is 0 Å². The zero-order valence-electron chi connectivity index (χ0n) is 11.1. The van der Waals surface area contributed by atoms with E-state index in [1.807, 2.05) is 0 Å². The number of hydrogen-bond acceptors (Lipinski definition) is 6. The number of benzene rings is 1. The Morgan fingerprint density at radius 2 is 1.68 bits per heavy atom. The first kappa shape index (κ1) is 14.1. The maximum Gasteiger partial charge on any atom is 0.168 e. The van der Waals surface area contributed by atoms with E-state index >= 15 is 0 Å². The SMILES string of the molecule is [2H]C(C(=O)[C@H](O)[C@@H](O)[C@@H](O)[C@H](O)CO)c1ccccc1. The van der Waals surface area contributed by atoms with Gasteiger partial charge < -0.3 is 25.5 Å². The summed E-state index contributed by atoms with van der Waals surface area (Å²) in [7, 11) is 0. The molecule has 0 amide bonds. The van der Waals surface area contributed by atoms with Gasteiger partial charge in [0, 0.05) is 7.77 Å². The minimum absolute atomic E-state index is 0.334. The van der Waals surface area contributed by atoms with Crippen LogP contribution in [0.15, 0.2) is 30.3 Å². The van der Waals surface area contributed by atoms with Crippen molar-refractivity contribution in [3.05, 3.63) is 35.9 Å². The first-order valence-corrected chi connectivity index (χ1v) is 5.74. The van der Waals surface area contributed by atoms with Crippen molar-refractivity contribution in [3.63, 3.8) is 0 Å².